The maximum Gasteiger partial charge on any atom is 0.318 e. The van der Waals surface area contributed by atoms with Gasteiger partial charge in [-0.1, -0.05) is 0 Å². The van der Waals surface area contributed by atoms with Crippen LogP contribution < -0.4 is 10.6 Å². The van der Waals surface area contributed by atoms with Crippen LogP contribution in [-0.2, 0) is 6.54 Å². The van der Waals surface area contributed by atoms with Crippen LogP contribution >= 0.6 is 0 Å². The fourth-order valence-corrected chi connectivity index (χ4v) is 4.03. The second kappa shape index (κ2) is 7.69. The minimum atomic E-state index is -0.278. The molecule has 28 heavy (non-hydrogen) atoms. The van der Waals surface area contributed by atoms with E-state index in [2.05, 4.69) is 15.6 Å². The SMILES string of the molecule is CNC(=O)N1CCC[C@@H](N(C(=O)NCc2cc3cc(F)ccc3[nH]2)C2CC2)C1. The minimum absolute atomic E-state index is 0.0374. The number of hydrogen-bond acceptors (Lipinski definition) is 2. The van der Waals surface area contributed by atoms with Crippen molar-refractivity contribution in [3.63, 3.8) is 0 Å². The smallest absolute Gasteiger partial charge is 0.318 e. The van der Waals surface area contributed by atoms with Gasteiger partial charge in [0.05, 0.1) is 12.6 Å². The number of amides is 4. The van der Waals surface area contributed by atoms with E-state index < -0.39 is 0 Å². The number of benzene rings is 1. The Bertz CT molecular complexity index is 879. The van der Waals surface area contributed by atoms with Gasteiger partial charge in [0.1, 0.15) is 5.82 Å². The van der Waals surface area contributed by atoms with E-state index in [-0.39, 0.29) is 30.0 Å². The number of H-pyrrole nitrogens is 1. The van der Waals surface area contributed by atoms with Gasteiger partial charge in [0, 0.05) is 42.8 Å². The Morgan fingerprint density at radius 2 is 2.07 bits per heavy atom. The summed E-state index contributed by atoms with van der Waals surface area (Å²) in [4.78, 5) is 31.8. The average molecular weight is 387 g/mol. The van der Waals surface area contributed by atoms with Crippen molar-refractivity contribution in [2.75, 3.05) is 20.1 Å². The molecule has 1 atom stereocenters. The highest BCUT2D eigenvalue weighted by Crippen LogP contribution is 2.31. The van der Waals surface area contributed by atoms with Crippen molar-refractivity contribution in [3.8, 4) is 0 Å². The molecule has 0 radical (unpaired) electrons. The Hall–Kier alpha value is -2.77. The van der Waals surface area contributed by atoms with Crippen LogP contribution in [0.15, 0.2) is 24.3 Å². The molecule has 2 fully saturated rings. The van der Waals surface area contributed by atoms with E-state index in [0.717, 1.165) is 48.8 Å². The summed E-state index contributed by atoms with van der Waals surface area (Å²) < 4.78 is 13.4. The molecule has 7 nitrogen and oxygen atoms in total. The number of urea groups is 2. The zero-order valence-corrected chi connectivity index (χ0v) is 16.0. The standard InChI is InChI=1S/C20H26FN5O2/c1-22-19(27)25-8-2-3-17(12-25)26(16-5-6-16)20(28)23-11-15-10-13-9-14(21)4-7-18(13)24-15/h4,7,9-10,16-17,24H,2-3,5-6,8,11-12H2,1H3,(H,22,27)(H,23,28)/t17-/m1/s1. The van der Waals surface area contributed by atoms with Crippen LogP contribution in [0.5, 0.6) is 0 Å². The van der Waals surface area contributed by atoms with Crippen LogP contribution in [0.25, 0.3) is 10.9 Å². The predicted octanol–water partition coefficient (Wildman–Crippen LogP) is 2.78. The molecule has 2 aromatic rings. The molecule has 0 bridgehead atoms. The lowest BCUT2D eigenvalue weighted by molar-refractivity contribution is 0.116. The van der Waals surface area contributed by atoms with Gasteiger partial charge in [0.15, 0.2) is 0 Å². The van der Waals surface area contributed by atoms with Crippen molar-refractivity contribution in [3.05, 3.63) is 35.8 Å². The first kappa shape index (κ1) is 18.6. The van der Waals surface area contributed by atoms with Crippen LogP contribution in [0.2, 0.25) is 0 Å². The molecule has 1 aliphatic carbocycles. The number of aromatic nitrogens is 1. The highest BCUT2D eigenvalue weighted by Gasteiger charge is 2.39. The second-order valence-electron chi connectivity index (χ2n) is 7.62. The summed E-state index contributed by atoms with van der Waals surface area (Å²) >= 11 is 0. The summed E-state index contributed by atoms with van der Waals surface area (Å²) in [5, 5.41) is 6.45. The van der Waals surface area contributed by atoms with E-state index in [9.17, 15) is 14.0 Å². The summed E-state index contributed by atoms with van der Waals surface area (Å²) in [7, 11) is 1.63. The average Bonchev–Trinajstić information content (AvgIpc) is 3.44. The molecule has 8 heteroatoms. The Balaban J connectivity index is 1.41. The van der Waals surface area contributed by atoms with Crippen LogP contribution in [0.1, 0.15) is 31.4 Å². The van der Waals surface area contributed by atoms with E-state index in [1.807, 2.05) is 11.0 Å². The Morgan fingerprint density at radius 3 is 2.82 bits per heavy atom. The largest absolute Gasteiger partial charge is 0.357 e. The van der Waals surface area contributed by atoms with Crippen LogP contribution in [0.3, 0.4) is 0 Å². The van der Waals surface area contributed by atoms with Crippen LogP contribution in [0.4, 0.5) is 14.0 Å². The van der Waals surface area contributed by atoms with E-state index >= 15 is 0 Å². The summed E-state index contributed by atoms with van der Waals surface area (Å²) in [5.41, 5.74) is 1.68. The maximum atomic E-state index is 13.4. The monoisotopic (exact) mass is 387 g/mol. The van der Waals surface area contributed by atoms with Gasteiger partial charge in [0.2, 0.25) is 0 Å². The number of halogens is 1. The first-order valence-electron chi connectivity index (χ1n) is 9.85. The van der Waals surface area contributed by atoms with E-state index in [4.69, 9.17) is 0 Å². The lowest BCUT2D eigenvalue weighted by Gasteiger charge is -2.39. The molecule has 1 saturated carbocycles. The van der Waals surface area contributed by atoms with Gasteiger partial charge >= 0.3 is 12.1 Å². The Morgan fingerprint density at radius 1 is 1.25 bits per heavy atom. The normalized spacial score (nSPS) is 19.5. The Kier molecular flexibility index (Phi) is 5.11. The first-order valence-corrected chi connectivity index (χ1v) is 9.85. The Labute approximate surface area is 163 Å². The second-order valence-corrected chi connectivity index (χ2v) is 7.62. The summed E-state index contributed by atoms with van der Waals surface area (Å²) in [6, 6.07) is 6.54. The number of fused-ring (bicyclic) bond motifs is 1. The maximum absolute atomic E-state index is 13.4. The van der Waals surface area contributed by atoms with Gasteiger partial charge in [-0.05, 0) is 49.9 Å². The molecule has 150 valence electrons. The highest BCUT2D eigenvalue weighted by molar-refractivity contribution is 5.81. The molecule has 4 rings (SSSR count). The van der Waals surface area contributed by atoms with Gasteiger partial charge in [-0.25, -0.2) is 14.0 Å². The third-order valence-electron chi connectivity index (χ3n) is 5.53. The lowest BCUT2D eigenvalue weighted by atomic mass is 10.0. The van der Waals surface area contributed by atoms with Crippen molar-refractivity contribution in [2.24, 2.45) is 0 Å². The minimum Gasteiger partial charge on any atom is -0.357 e. The molecule has 1 aromatic carbocycles. The molecule has 4 amide bonds. The topological polar surface area (TPSA) is 80.5 Å². The summed E-state index contributed by atoms with van der Waals surface area (Å²) in [5.74, 6) is -0.278. The van der Waals surface area contributed by atoms with Gasteiger partial charge in [-0.15, -0.1) is 0 Å². The third-order valence-corrected chi connectivity index (χ3v) is 5.53. The van der Waals surface area contributed by atoms with Crippen LogP contribution in [-0.4, -0.2) is 59.1 Å². The third kappa shape index (κ3) is 3.90. The molecule has 0 spiro atoms. The fraction of sp³-hybridized carbons (Fsp3) is 0.500. The molecule has 1 aromatic heterocycles. The number of carbonyl (C=O) groups is 2. The predicted molar refractivity (Wildman–Crippen MR) is 104 cm³/mol. The molecule has 2 aliphatic rings. The number of nitrogens with one attached hydrogen (secondary N) is 3. The zero-order valence-electron chi connectivity index (χ0n) is 16.0. The lowest BCUT2D eigenvalue weighted by Crippen LogP contribution is -2.56. The number of likely N-dealkylation sites (tertiary alicyclic amines) is 1. The van der Waals surface area contributed by atoms with Gasteiger partial charge in [0.25, 0.3) is 0 Å². The number of rotatable bonds is 4. The first-order chi connectivity index (χ1) is 13.5. The number of piperidine rings is 1. The van der Waals surface area contributed by atoms with Gasteiger partial charge in [-0.3, -0.25) is 0 Å². The van der Waals surface area contributed by atoms with E-state index in [0.29, 0.717) is 13.1 Å². The highest BCUT2D eigenvalue weighted by atomic mass is 19.1. The van der Waals surface area contributed by atoms with Crippen LogP contribution in [0, 0.1) is 5.82 Å². The molecule has 1 aliphatic heterocycles. The molecular formula is C20H26FN5O2. The zero-order chi connectivity index (χ0) is 19.7. The van der Waals surface area contributed by atoms with Crippen molar-refractivity contribution < 1.29 is 14.0 Å². The number of aromatic amines is 1. The molecule has 0 unspecified atom stereocenters. The summed E-state index contributed by atoms with van der Waals surface area (Å²) in [6.45, 7) is 1.64. The molecular weight excluding hydrogens is 361 g/mol. The van der Waals surface area contributed by atoms with E-state index in [1.165, 1.54) is 12.1 Å². The van der Waals surface area contributed by atoms with E-state index in [1.54, 1.807) is 18.0 Å². The number of hydrogen-bond donors (Lipinski definition) is 3. The quantitative estimate of drug-likeness (QED) is 0.754. The molecule has 1 saturated heterocycles. The number of nitrogens with zero attached hydrogens (tertiary/aromatic N) is 2. The van der Waals surface area contributed by atoms with Crippen molar-refractivity contribution in [1.29, 1.82) is 0 Å². The fourth-order valence-electron chi connectivity index (χ4n) is 4.03. The molecule has 2 heterocycles. The summed E-state index contributed by atoms with van der Waals surface area (Å²) in [6.07, 6.45) is 3.82. The van der Waals surface area contributed by atoms with Gasteiger partial charge in [-0.2, -0.15) is 0 Å². The van der Waals surface area contributed by atoms with Crippen molar-refractivity contribution in [2.45, 2.75) is 44.3 Å². The molecule has 3 N–H and O–H groups in total. The van der Waals surface area contributed by atoms with Gasteiger partial charge < -0.3 is 25.4 Å². The number of carbonyl (C=O) groups excluding carboxylic acids is 2. The van der Waals surface area contributed by atoms with Crippen molar-refractivity contribution >= 4 is 23.0 Å². The van der Waals surface area contributed by atoms with Crippen molar-refractivity contribution in [1.82, 2.24) is 25.4 Å².